The molecule has 0 N–H and O–H groups in total. The number of hydrogen-bond donors (Lipinski definition) is 0. The van der Waals surface area contributed by atoms with E-state index in [1.54, 1.807) is 30.2 Å². The Bertz CT molecular complexity index is 1070. The first-order valence-electron chi connectivity index (χ1n) is 11.8. The van der Waals surface area contributed by atoms with E-state index in [0.717, 1.165) is 31.2 Å². The van der Waals surface area contributed by atoms with Gasteiger partial charge in [-0.05, 0) is 42.7 Å². The van der Waals surface area contributed by atoms with Gasteiger partial charge in [0.25, 0.3) is 5.91 Å². The van der Waals surface area contributed by atoms with Gasteiger partial charge in [0.1, 0.15) is 6.54 Å². The number of benzene rings is 1. The lowest BCUT2D eigenvalue weighted by atomic mass is 9.93. The molecule has 0 bridgehead atoms. The molecule has 3 aliphatic rings. The first kappa shape index (κ1) is 23.2. The Morgan fingerprint density at radius 1 is 1.09 bits per heavy atom. The molecule has 2 amide bonds. The molecule has 2 unspecified atom stereocenters. The summed E-state index contributed by atoms with van der Waals surface area (Å²) in [6, 6.07) is 9.44. The normalized spacial score (nSPS) is 24.3. The van der Waals surface area contributed by atoms with Crippen LogP contribution < -0.4 is 4.90 Å². The molecule has 1 aromatic heterocycles. The molecule has 2 saturated heterocycles. The summed E-state index contributed by atoms with van der Waals surface area (Å²) in [7, 11) is 0. The maximum absolute atomic E-state index is 13.5. The molecule has 178 valence electrons. The lowest BCUT2D eigenvalue weighted by Gasteiger charge is -2.44. The number of nitrogens with zero attached hydrogens (tertiary/aromatic N) is 5. The number of thioether (sulfide) groups is 1. The Morgan fingerprint density at radius 3 is 2.62 bits per heavy atom. The molecule has 0 radical (unpaired) electrons. The summed E-state index contributed by atoms with van der Waals surface area (Å²) in [4.78, 5) is 41.9. The predicted octanol–water partition coefficient (Wildman–Crippen LogP) is 3.71. The van der Waals surface area contributed by atoms with Crippen LogP contribution >= 0.6 is 23.4 Å². The molecule has 34 heavy (non-hydrogen) atoms. The number of amides is 2. The summed E-state index contributed by atoms with van der Waals surface area (Å²) in [5.41, 5.74) is 0.906. The van der Waals surface area contributed by atoms with E-state index in [9.17, 15) is 9.59 Å². The van der Waals surface area contributed by atoms with Gasteiger partial charge in [0, 0.05) is 54.9 Å². The molecule has 3 heterocycles. The summed E-state index contributed by atoms with van der Waals surface area (Å²) in [6.07, 6.45) is 9.67. The van der Waals surface area contributed by atoms with E-state index in [2.05, 4.69) is 14.9 Å². The van der Waals surface area contributed by atoms with E-state index in [1.807, 2.05) is 40.1 Å². The van der Waals surface area contributed by atoms with E-state index >= 15 is 0 Å². The van der Waals surface area contributed by atoms with E-state index < -0.39 is 0 Å². The number of piperazine rings is 1. The van der Waals surface area contributed by atoms with Gasteiger partial charge in [-0.3, -0.25) is 9.59 Å². The second-order valence-corrected chi connectivity index (χ2v) is 10.6. The minimum atomic E-state index is -0.0437. The molecule has 5 rings (SSSR count). The lowest BCUT2D eigenvalue weighted by molar-refractivity contribution is -0.141. The molecule has 1 aromatic carbocycles. The molecular weight excluding hydrogens is 470 g/mol. The molecule has 1 aliphatic carbocycles. The summed E-state index contributed by atoms with van der Waals surface area (Å²) < 4.78 is 0. The van der Waals surface area contributed by atoms with Crippen LogP contribution in [0.25, 0.3) is 6.08 Å². The van der Waals surface area contributed by atoms with Gasteiger partial charge in [-0.2, -0.15) is 0 Å². The minimum Gasteiger partial charge on any atom is -0.338 e. The highest BCUT2D eigenvalue weighted by Crippen LogP contribution is 2.42. The highest BCUT2D eigenvalue weighted by Gasteiger charge is 2.41. The van der Waals surface area contributed by atoms with Crippen molar-refractivity contribution in [3.05, 3.63) is 58.2 Å². The molecule has 2 aromatic rings. The Labute approximate surface area is 209 Å². The van der Waals surface area contributed by atoms with Gasteiger partial charge in [-0.1, -0.05) is 36.6 Å². The van der Waals surface area contributed by atoms with Gasteiger partial charge in [0.2, 0.25) is 11.9 Å². The van der Waals surface area contributed by atoms with E-state index in [4.69, 9.17) is 11.6 Å². The molecule has 2 atom stereocenters. The topological polar surface area (TPSA) is 69.6 Å². The summed E-state index contributed by atoms with van der Waals surface area (Å²) in [5.74, 6) is 0.664. The minimum absolute atomic E-state index is 0.0142. The number of carbonyl (C=O) groups is 2. The largest absolute Gasteiger partial charge is 0.338 e. The van der Waals surface area contributed by atoms with Gasteiger partial charge < -0.3 is 14.7 Å². The van der Waals surface area contributed by atoms with Crippen molar-refractivity contribution in [2.75, 3.05) is 37.6 Å². The molecule has 0 spiro atoms. The van der Waals surface area contributed by atoms with Gasteiger partial charge in [0.05, 0.1) is 4.91 Å². The van der Waals surface area contributed by atoms with Crippen molar-refractivity contribution < 1.29 is 9.59 Å². The number of halogens is 1. The maximum Gasteiger partial charge on any atom is 0.261 e. The van der Waals surface area contributed by atoms with Crippen LogP contribution in [0.4, 0.5) is 5.95 Å². The fourth-order valence-corrected chi connectivity index (χ4v) is 6.64. The zero-order valence-electron chi connectivity index (χ0n) is 19.0. The molecule has 1 saturated carbocycles. The van der Waals surface area contributed by atoms with Crippen LogP contribution in [0, 0.1) is 0 Å². The standard InChI is InChI=1S/C25H28ClN5O2S/c26-19-6-3-5-18(15-19)16-22-24(33)31(20-7-1-2-8-21(20)34-22)17-23(32)29-11-13-30(14-12-29)25-27-9-4-10-28-25/h3-6,9-10,15-16,20-21H,1-2,7-8,11-14,17H2/b22-16-. The zero-order valence-corrected chi connectivity index (χ0v) is 20.5. The third-order valence-electron chi connectivity index (χ3n) is 6.74. The smallest absolute Gasteiger partial charge is 0.261 e. The number of fused-ring (bicyclic) bond motifs is 1. The van der Waals surface area contributed by atoms with Gasteiger partial charge in [0.15, 0.2) is 0 Å². The van der Waals surface area contributed by atoms with Crippen molar-refractivity contribution in [2.45, 2.75) is 37.0 Å². The lowest BCUT2D eigenvalue weighted by Crippen LogP contribution is -2.57. The number of aromatic nitrogens is 2. The van der Waals surface area contributed by atoms with Crippen LogP contribution in [-0.4, -0.2) is 75.6 Å². The first-order valence-corrected chi connectivity index (χ1v) is 13.1. The van der Waals surface area contributed by atoms with Gasteiger partial charge in [-0.15, -0.1) is 11.8 Å². The van der Waals surface area contributed by atoms with Crippen molar-refractivity contribution in [3.8, 4) is 0 Å². The Balaban J connectivity index is 1.29. The number of hydrogen-bond acceptors (Lipinski definition) is 6. The van der Waals surface area contributed by atoms with Crippen molar-refractivity contribution in [1.82, 2.24) is 19.8 Å². The molecule has 7 nitrogen and oxygen atoms in total. The average molecular weight is 498 g/mol. The Hall–Kier alpha value is -2.58. The van der Waals surface area contributed by atoms with Crippen molar-refractivity contribution in [1.29, 1.82) is 0 Å². The van der Waals surface area contributed by atoms with Crippen LogP contribution in [0.1, 0.15) is 31.2 Å². The Kier molecular flexibility index (Phi) is 7.06. The molecule has 3 fully saturated rings. The van der Waals surface area contributed by atoms with Crippen LogP contribution in [0.2, 0.25) is 5.02 Å². The highest BCUT2D eigenvalue weighted by molar-refractivity contribution is 8.04. The fraction of sp³-hybridized carbons (Fsp3) is 0.440. The SMILES string of the molecule is O=C(CN1C(=O)/C(=C/c2cccc(Cl)c2)SC2CCCCC21)N1CCN(c2ncccn2)CC1. The van der Waals surface area contributed by atoms with E-state index in [1.165, 1.54) is 0 Å². The summed E-state index contributed by atoms with van der Waals surface area (Å²) in [5, 5.41) is 0.974. The monoisotopic (exact) mass is 497 g/mol. The van der Waals surface area contributed by atoms with Crippen molar-refractivity contribution >= 4 is 47.2 Å². The van der Waals surface area contributed by atoms with Crippen LogP contribution in [-0.2, 0) is 9.59 Å². The number of anilines is 1. The van der Waals surface area contributed by atoms with Crippen molar-refractivity contribution in [2.24, 2.45) is 0 Å². The second kappa shape index (κ2) is 10.4. The Morgan fingerprint density at radius 2 is 1.85 bits per heavy atom. The predicted molar refractivity (Wildman–Crippen MR) is 136 cm³/mol. The van der Waals surface area contributed by atoms with E-state index in [-0.39, 0.29) is 24.4 Å². The molecular formula is C25H28ClN5O2S. The van der Waals surface area contributed by atoms with Crippen LogP contribution in [0.3, 0.4) is 0 Å². The van der Waals surface area contributed by atoms with Crippen molar-refractivity contribution in [3.63, 3.8) is 0 Å². The average Bonchev–Trinajstić information content (AvgIpc) is 2.87. The zero-order chi connectivity index (χ0) is 23.5. The third-order valence-corrected chi connectivity index (χ3v) is 8.37. The third kappa shape index (κ3) is 5.08. The highest BCUT2D eigenvalue weighted by atomic mass is 35.5. The first-order chi connectivity index (χ1) is 16.6. The van der Waals surface area contributed by atoms with Gasteiger partial charge in [-0.25, -0.2) is 9.97 Å². The fourth-order valence-electron chi connectivity index (χ4n) is 4.97. The number of rotatable bonds is 4. The number of carbonyl (C=O) groups excluding carboxylic acids is 2. The molecule has 2 aliphatic heterocycles. The summed E-state index contributed by atoms with van der Waals surface area (Å²) in [6.45, 7) is 2.71. The summed E-state index contributed by atoms with van der Waals surface area (Å²) >= 11 is 7.82. The van der Waals surface area contributed by atoms with Gasteiger partial charge >= 0.3 is 0 Å². The van der Waals surface area contributed by atoms with Crippen LogP contribution in [0.5, 0.6) is 0 Å². The quantitative estimate of drug-likeness (QED) is 0.600. The maximum atomic E-state index is 13.5. The second-order valence-electron chi connectivity index (χ2n) is 8.92. The molecule has 9 heteroatoms. The van der Waals surface area contributed by atoms with E-state index in [0.29, 0.717) is 47.3 Å². The van der Waals surface area contributed by atoms with Crippen LogP contribution in [0.15, 0.2) is 47.6 Å².